The summed E-state index contributed by atoms with van der Waals surface area (Å²) < 4.78 is 0. The van der Waals surface area contributed by atoms with Gasteiger partial charge < -0.3 is 76.8 Å². The second kappa shape index (κ2) is 24.3. The zero-order valence-electron chi connectivity index (χ0n) is 31.2. The van der Waals surface area contributed by atoms with Gasteiger partial charge in [-0.25, -0.2) is 0 Å². The Kier molecular flexibility index (Phi) is 21.1. The largest absolute Gasteiger partial charge is 0.480 e. The van der Waals surface area contributed by atoms with E-state index in [0.29, 0.717) is 24.5 Å². The monoisotopic (exact) mass is 806 g/mol. The number of pyridine rings is 1. The molecule has 2 rings (SSSR count). The molecule has 1 aliphatic heterocycles. The molecule has 0 saturated carbocycles. The van der Waals surface area contributed by atoms with Gasteiger partial charge in [0.2, 0.25) is 11.8 Å². The minimum absolute atomic E-state index is 0.0509. The molecule has 0 spiro atoms. The fourth-order valence-corrected chi connectivity index (χ4v) is 5.96. The van der Waals surface area contributed by atoms with Crippen LogP contribution in [0.1, 0.15) is 37.1 Å². The topological polar surface area (TPSA) is 358 Å². The molecule has 0 unspecified atom stereocenters. The molecular formula is C34H58N6O16. The Morgan fingerprint density at radius 1 is 0.625 bits per heavy atom. The van der Waals surface area contributed by atoms with Crippen LogP contribution in [0.4, 0.5) is 0 Å². The van der Waals surface area contributed by atoms with Gasteiger partial charge in [-0.2, -0.15) is 0 Å². The van der Waals surface area contributed by atoms with Gasteiger partial charge in [0.15, 0.2) is 0 Å². The smallest absolute Gasteiger partial charge is 0.320 e. The molecule has 0 saturated heterocycles. The molecule has 1 aromatic rings. The van der Waals surface area contributed by atoms with E-state index < -0.39 is 111 Å². The van der Waals surface area contributed by atoms with Crippen molar-refractivity contribution in [1.29, 1.82) is 0 Å². The quantitative estimate of drug-likeness (QED) is 0.0518. The van der Waals surface area contributed by atoms with Crippen molar-refractivity contribution in [2.45, 2.75) is 99.7 Å². The van der Waals surface area contributed by atoms with Crippen molar-refractivity contribution >= 4 is 23.8 Å². The summed E-state index contributed by atoms with van der Waals surface area (Å²) in [6.07, 6.45) is -15.2. The van der Waals surface area contributed by atoms with Crippen molar-refractivity contribution in [1.82, 2.24) is 30.3 Å². The van der Waals surface area contributed by atoms with Gasteiger partial charge in [0.25, 0.3) is 0 Å². The number of aliphatic hydroxyl groups excluding tert-OH is 10. The molecule has 2 amide bonds. The van der Waals surface area contributed by atoms with Crippen molar-refractivity contribution in [2.75, 3.05) is 59.5 Å². The lowest BCUT2D eigenvalue weighted by Crippen LogP contribution is -2.50. The molecule has 10 atom stereocenters. The van der Waals surface area contributed by atoms with Crippen LogP contribution in [0, 0.1) is 0 Å². The molecule has 0 aromatic carbocycles. The highest BCUT2D eigenvalue weighted by Gasteiger charge is 2.33. The molecule has 320 valence electrons. The number of likely N-dealkylation sites (N-methyl/N-ethyl adjacent to an activating group) is 1. The number of hydrogen-bond acceptors (Lipinski definition) is 18. The van der Waals surface area contributed by atoms with Gasteiger partial charge >= 0.3 is 11.9 Å². The maximum atomic E-state index is 12.6. The van der Waals surface area contributed by atoms with Gasteiger partial charge in [0, 0.05) is 65.2 Å². The van der Waals surface area contributed by atoms with Crippen LogP contribution in [0.25, 0.3) is 0 Å². The zero-order chi connectivity index (χ0) is 42.1. The highest BCUT2D eigenvalue weighted by Crippen LogP contribution is 2.17. The van der Waals surface area contributed by atoms with Crippen LogP contribution in [0.5, 0.6) is 0 Å². The minimum atomic E-state index is -1.88. The Labute approximate surface area is 323 Å². The first-order valence-electron chi connectivity index (χ1n) is 18.2. The van der Waals surface area contributed by atoms with Crippen LogP contribution in [0.2, 0.25) is 0 Å². The van der Waals surface area contributed by atoms with Crippen LogP contribution in [-0.2, 0) is 32.3 Å². The number of nitrogens with zero attached hydrogens (tertiary/aromatic N) is 4. The van der Waals surface area contributed by atoms with E-state index in [1.807, 2.05) is 4.90 Å². The Hall–Kier alpha value is -3.49. The molecule has 22 nitrogen and oxygen atoms in total. The van der Waals surface area contributed by atoms with Crippen LogP contribution in [-0.4, -0.2) is 225 Å². The molecule has 0 radical (unpaired) electrons. The summed E-state index contributed by atoms with van der Waals surface area (Å²) in [6.45, 7) is -1.62. The fraction of sp³-hybridized carbons (Fsp3) is 0.735. The lowest BCUT2D eigenvalue weighted by molar-refractivity contribution is -0.145. The van der Waals surface area contributed by atoms with E-state index in [9.17, 15) is 70.2 Å². The number of fused-ring (bicyclic) bond motifs is 2. The summed E-state index contributed by atoms with van der Waals surface area (Å²) in [6, 6.07) is 2.72. The average molecular weight is 807 g/mol. The van der Waals surface area contributed by atoms with E-state index >= 15 is 0 Å². The van der Waals surface area contributed by atoms with Crippen LogP contribution in [0.3, 0.4) is 0 Å². The van der Waals surface area contributed by atoms with Crippen molar-refractivity contribution in [3.63, 3.8) is 0 Å². The van der Waals surface area contributed by atoms with Gasteiger partial charge in [-0.05, 0) is 32.0 Å². The summed E-state index contributed by atoms with van der Waals surface area (Å²) in [4.78, 5) is 60.0. The SMILES string of the molecule is CN1CCN([C@H](CCC(=O)NC[C@H](O)[C@@H](O)[C@H](O)[C@H](O)CO)C(=O)O)Cc2cccc(n2)CN([C@@H](CCC(=O)NC[C@H](O)[C@@H](O)[C@H](O)[C@H](O)CO)C(=O)O)CC1. The summed E-state index contributed by atoms with van der Waals surface area (Å²) in [5.41, 5.74) is 0.927. The lowest BCUT2D eigenvalue weighted by atomic mass is 10.0. The highest BCUT2D eigenvalue weighted by atomic mass is 16.4. The predicted molar refractivity (Wildman–Crippen MR) is 192 cm³/mol. The van der Waals surface area contributed by atoms with Crippen molar-refractivity contribution < 1.29 is 80.5 Å². The second-order valence-corrected chi connectivity index (χ2v) is 13.9. The number of nitrogens with one attached hydrogen (secondary N) is 2. The van der Waals surface area contributed by atoms with E-state index in [2.05, 4.69) is 15.6 Å². The molecule has 2 heterocycles. The summed E-state index contributed by atoms with van der Waals surface area (Å²) in [5, 5.41) is 122. The van der Waals surface area contributed by atoms with Gasteiger partial charge in [-0.3, -0.25) is 34.0 Å². The number of carboxylic acid groups (broad SMARTS) is 2. The van der Waals surface area contributed by atoms with Crippen LogP contribution < -0.4 is 10.6 Å². The number of aromatic nitrogens is 1. The van der Waals surface area contributed by atoms with Gasteiger partial charge in [0.1, 0.15) is 48.7 Å². The third-order valence-electron chi connectivity index (χ3n) is 9.54. The summed E-state index contributed by atoms with van der Waals surface area (Å²) in [5.74, 6) is -3.71. The van der Waals surface area contributed by atoms with E-state index in [4.69, 9.17) is 10.2 Å². The normalized spacial score (nSPS) is 20.4. The summed E-state index contributed by atoms with van der Waals surface area (Å²) >= 11 is 0. The molecular weight excluding hydrogens is 748 g/mol. The third-order valence-corrected chi connectivity index (χ3v) is 9.54. The van der Waals surface area contributed by atoms with Crippen LogP contribution >= 0.6 is 0 Å². The Bertz CT molecular complexity index is 1290. The number of amides is 2. The standard InChI is InChI=1S/C34H58N6O16/c1-38-9-11-39(21(33(53)54)5-7-27(47)35-13-23(43)29(49)31(51)25(45)17-41)15-19-3-2-4-20(37-19)16-40(12-10-38)22(34(55)56)6-8-28(48)36-14-24(44)30(50)32(52)26(46)18-42/h2-4,21-26,29-32,41-46,49-52H,5-18H2,1H3,(H,35,47)(H,36,48)(H,53,54)(H,55,56)/t21-,22+,23-,24-,25+,26+,29+,30+,31+,32+/m0/s1. The number of aliphatic hydroxyl groups is 10. The molecule has 56 heavy (non-hydrogen) atoms. The number of carbonyl (C=O) groups excluding carboxylic acids is 2. The number of rotatable bonds is 22. The van der Waals surface area contributed by atoms with Crippen molar-refractivity contribution in [2.24, 2.45) is 0 Å². The number of aliphatic carboxylic acids is 2. The molecule has 14 N–H and O–H groups in total. The highest BCUT2D eigenvalue weighted by molar-refractivity contribution is 5.79. The second-order valence-electron chi connectivity index (χ2n) is 13.9. The fourth-order valence-electron chi connectivity index (χ4n) is 5.96. The Morgan fingerprint density at radius 3 is 1.32 bits per heavy atom. The van der Waals surface area contributed by atoms with Crippen LogP contribution in [0.15, 0.2) is 18.2 Å². The number of carbonyl (C=O) groups is 4. The number of carboxylic acids is 2. The van der Waals surface area contributed by atoms with Crippen molar-refractivity contribution in [3.05, 3.63) is 29.6 Å². The minimum Gasteiger partial charge on any atom is -0.480 e. The Morgan fingerprint density at radius 2 is 0.982 bits per heavy atom. The number of hydrogen-bond donors (Lipinski definition) is 14. The van der Waals surface area contributed by atoms with Crippen molar-refractivity contribution in [3.8, 4) is 0 Å². The zero-order valence-corrected chi connectivity index (χ0v) is 31.2. The molecule has 0 aliphatic carbocycles. The Balaban J connectivity index is 2.11. The average Bonchev–Trinajstić information content (AvgIpc) is 3.17. The molecule has 1 aromatic heterocycles. The molecule has 2 bridgehead atoms. The van der Waals surface area contributed by atoms with E-state index in [-0.39, 0.29) is 51.9 Å². The van der Waals surface area contributed by atoms with E-state index in [1.165, 1.54) is 0 Å². The van der Waals surface area contributed by atoms with Gasteiger partial charge in [0.05, 0.1) is 36.8 Å². The van der Waals surface area contributed by atoms with E-state index in [1.54, 1.807) is 35.0 Å². The molecule has 22 heteroatoms. The molecule has 0 fully saturated rings. The molecule has 1 aliphatic rings. The lowest BCUT2D eigenvalue weighted by Gasteiger charge is -2.33. The maximum absolute atomic E-state index is 12.6. The van der Waals surface area contributed by atoms with Gasteiger partial charge in [-0.15, -0.1) is 0 Å². The summed E-state index contributed by atoms with van der Waals surface area (Å²) in [7, 11) is 1.76. The van der Waals surface area contributed by atoms with E-state index in [0.717, 1.165) is 0 Å². The predicted octanol–water partition coefficient (Wildman–Crippen LogP) is -6.80. The maximum Gasteiger partial charge on any atom is 0.320 e. The van der Waals surface area contributed by atoms with Gasteiger partial charge in [-0.1, -0.05) is 6.07 Å². The first-order valence-corrected chi connectivity index (χ1v) is 18.2. The third kappa shape index (κ3) is 15.8. The first-order chi connectivity index (χ1) is 26.4. The first kappa shape index (κ1) is 48.7.